The minimum absolute atomic E-state index is 0.648. The van der Waals surface area contributed by atoms with E-state index < -0.39 is 0 Å². The molecule has 0 radical (unpaired) electrons. The number of nitrogens with one attached hydrogen (secondary N) is 1. The van der Waals surface area contributed by atoms with Crippen LogP contribution in [0, 0.1) is 5.92 Å². The number of ether oxygens (including phenoxy) is 1. The summed E-state index contributed by atoms with van der Waals surface area (Å²) in [6.45, 7) is 2.32. The summed E-state index contributed by atoms with van der Waals surface area (Å²) in [6, 6.07) is 8.92. The summed E-state index contributed by atoms with van der Waals surface area (Å²) < 4.78 is 5.18. The molecule has 2 atom stereocenters. The van der Waals surface area contributed by atoms with Crippen LogP contribution in [0.1, 0.15) is 45.4 Å². The molecule has 0 aromatic heterocycles. The van der Waals surface area contributed by atoms with Crippen molar-refractivity contribution in [3.05, 3.63) is 24.3 Å². The van der Waals surface area contributed by atoms with Crippen LogP contribution in [-0.2, 0) is 0 Å². The average Bonchev–Trinajstić information content (AvgIpc) is 2.65. The first-order valence-electron chi connectivity index (χ1n) is 7.22. The molecule has 0 saturated heterocycles. The highest BCUT2D eigenvalue weighted by Crippen LogP contribution is 2.27. The zero-order valence-electron chi connectivity index (χ0n) is 11.6. The smallest absolute Gasteiger partial charge is 0.119 e. The van der Waals surface area contributed by atoms with Crippen molar-refractivity contribution in [2.75, 3.05) is 12.4 Å². The maximum atomic E-state index is 5.18. The Balaban J connectivity index is 1.88. The second kappa shape index (κ2) is 6.67. The molecule has 1 saturated carbocycles. The summed E-state index contributed by atoms with van der Waals surface area (Å²) in [7, 11) is 1.71. The van der Waals surface area contributed by atoms with Gasteiger partial charge in [-0.3, -0.25) is 0 Å². The van der Waals surface area contributed by atoms with Crippen molar-refractivity contribution in [3.63, 3.8) is 0 Å². The number of rotatable bonds is 4. The fourth-order valence-electron chi connectivity index (χ4n) is 2.85. The first kappa shape index (κ1) is 13.3. The summed E-state index contributed by atoms with van der Waals surface area (Å²) in [6.07, 6.45) is 8.12. The number of hydrogen-bond donors (Lipinski definition) is 1. The number of hydrogen-bond acceptors (Lipinski definition) is 2. The van der Waals surface area contributed by atoms with Crippen LogP contribution in [0.5, 0.6) is 5.75 Å². The van der Waals surface area contributed by atoms with Crippen molar-refractivity contribution in [1.82, 2.24) is 0 Å². The molecule has 1 N–H and O–H groups in total. The van der Waals surface area contributed by atoms with Gasteiger partial charge in [-0.15, -0.1) is 0 Å². The highest BCUT2D eigenvalue weighted by Gasteiger charge is 2.17. The molecule has 2 rings (SSSR count). The zero-order valence-corrected chi connectivity index (χ0v) is 11.6. The number of benzene rings is 1. The Bertz CT molecular complexity index is 347. The van der Waals surface area contributed by atoms with Crippen LogP contribution >= 0.6 is 0 Å². The molecule has 2 heteroatoms. The molecule has 2 nitrogen and oxygen atoms in total. The topological polar surface area (TPSA) is 21.3 Å². The maximum Gasteiger partial charge on any atom is 0.119 e. The monoisotopic (exact) mass is 247 g/mol. The van der Waals surface area contributed by atoms with Crippen LogP contribution in [0.3, 0.4) is 0 Å². The van der Waals surface area contributed by atoms with Gasteiger partial charge in [-0.05, 0) is 49.4 Å². The van der Waals surface area contributed by atoms with Crippen molar-refractivity contribution in [2.45, 2.75) is 51.5 Å². The summed E-state index contributed by atoms with van der Waals surface area (Å²) in [5.74, 6) is 1.88. The van der Waals surface area contributed by atoms with Gasteiger partial charge in [0.1, 0.15) is 5.75 Å². The molecule has 1 fully saturated rings. The second-order valence-electron chi connectivity index (χ2n) is 5.35. The van der Waals surface area contributed by atoms with Crippen molar-refractivity contribution >= 4 is 5.69 Å². The normalized spacial score (nSPS) is 24.3. The van der Waals surface area contributed by atoms with Gasteiger partial charge in [0.05, 0.1) is 7.11 Å². The Morgan fingerprint density at radius 3 is 2.56 bits per heavy atom. The van der Waals surface area contributed by atoms with Gasteiger partial charge < -0.3 is 10.1 Å². The third-order valence-electron chi connectivity index (χ3n) is 4.13. The highest BCUT2D eigenvalue weighted by atomic mass is 16.5. The van der Waals surface area contributed by atoms with E-state index in [1.165, 1.54) is 44.2 Å². The molecule has 18 heavy (non-hydrogen) atoms. The zero-order chi connectivity index (χ0) is 12.8. The minimum atomic E-state index is 0.648. The van der Waals surface area contributed by atoms with E-state index in [9.17, 15) is 0 Å². The third-order valence-corrected chi connectivity index (χ3v) is 4.13. The van der Waals surface area contributed by atoms with Crippen molar-refractivity contribution in [3.8, 4) is 5.75 Å². The summed E-state index contributed by atoms with van der Waals surface area (Å²) in [4.78, 5) is 0. The summed E-state index contributed by atoms with van der Waals surface area (Å²) in [5, 5.41) is 3.66. The van der Waals surface area contributed by atoms with E-state index in [-0.39, 0.29) is 0 Å². The quantitative estimate of drug-likeness (QED) is 0.793. The van der Waals surface area contributed by atoms with E-state index in [1.807, 2.05) is 12.1 Å². The van der Waals surface area contributed by atoms with E-state index in [0.717, 1.165) is 11.7 Å². The van der Waals surface area contributed by atoms with Crippen LogP contribution in [0.25, 0.3) is 0 Å². The fraction of sp³-hybridized carbons (Fsp3) is 0.625. The first-order valence-corrected chi connectivity index (χ1v) is 7.22. The van der Waals surface area contributed by atoms with Gasteiger partial charge in [-0.2, -0.15) is 0 Å². The lowest BCUT2D eigenvalue weighted by Crippen LogP contribution is -2.18. The molecule has 2 unspecified atom stereocenters. The Kier molecular flexibility index (Phi) is 4.91. The van der Waals surface area contributed by atoms with Gasteiger partial charge in [0.2, 0.25) is 0 Å². The summed E-state index contributed by atoms with van der Waals surface area (Å²) in [5.41, 5.74) is 1.22. The molecule has 0 aliphatic heterocycles. The molecule has 0 spiro atoms. The molecular weight excluding hydrogens is 222 g/mol. The Labute approximate surface area is 111 Å². The van der Waals surface area contributed by atoms with E-state index in [4.69, 9.17) is 4.74 Å². The van der Waals surface area contributed by atoms with Crippen LogP contribution in [0.15, 0.2) is 24.3 Å². The molecule has 1 aliphatic carbocycles. The van der Waals surface area contributed by atoms with Crippen molar-refractivity contribution < 1.29 is 4.74 Å². The van der Waals surface area contributed by atoms with Crippen LogP contribution < -0.4 is 10.1 Å². The molecular formula is C16H25NO. The fourth-order valence-corrected chi connectivity index (χ4v) is 2.85. The SMILES string of the molecule is CCC1CCCC(Nc2ccc(OC)cc2)CC1. The lowest BCUT2D eigenvalue weighted by atomic mass is 9.98. The van der Waals surface area contributed by atoms with Crippen LogP contribution in [0.4, 0.5) is 5.69 Å². The lowest BCUT2D eigenvalue weighted by molar-refractivity contribution is 0.415. The van der Waals surface area contributed by atoms with Crippen molar-refractivity contribution in [1.29, 1.82) is 0 Å². The van der Waals surface area contributed by atoms with Gasteiger partial charge >= 0.3 is 0 Å². The van der Waals surface area contributed by atoms with Gasteiger partial charge in [0, 0.05) is 11.7 Å². The molecule has 0 bridgehead atoms. The van der Waals surface area contributed by atoms with Crippen LogP contribution in [0.2, 0.25) is 0 Å². The van der Waals surface area contributed by atoms with E-state index >= 15 is 0 Å². The predicted octanol–water partition coefficient (Wildman–Crippen LogP) is 4.47. The molecule has 1 aromatic rings. The second-order valence-corrected chi connectivity index (χ2v) is 5.35. The molecule has 0 heterocycles. The Morgan fingerprint density at radius 2 is 1.89 bits per heavy atom. The number of anilines is 1. The molecule has 1 aromatic carbocycles. The van der Waals surface area contributed by atoms with Gasteiger partial charge in [-0.1, -0.05) is 26.2 Å². The predicted molar refractivity (Wildman–Crippen MR) is 77.3 cm³/mol. The Hall–Kier alpha value is -1.18. The molecule has 1 aliphatic rings. The van der Waals surface area contributed by atoms with E-state index in [1.54, 1.807) is 7.11 Å². The van der Waals surface area contributed by atoms with E-state index in [0.29, 0.717) is 6.04 Å². The van der Waals surface area contributed by atoms with E-state index in [2.05, 4.69) is 24.4 Å². The van der Waals surface area contributed by atoms with Gasteiger partial charge in [-0.25, -0.2) is 0 Å². The Morgan fingerprint density at radius 1 is 1.11 bits per heavy atom. The summed E-state index contributed by atoms with van der Waals surface area (Å²) >= 11 is 0. The van der Waals surface area contributed by atoms with Gasteiger partial charge in [0.15, 0.2) is 0 Å². The molecule has 100 valence electrons. The minimum Gasteiger partial charge on any atom is -0.497 e. The lowest BCUT2D eigenvalue weighted by Gasteiger charge is -2.18. The largest absolute Gasteiger partial charge is 0.497 e. The van der Waals surface area contributed by atoms with Crippen molar-refractivity contribution in [2.24, 2.45) is 5.92 Å². The number of methoxy groups -OCH3 is 1. The average molecular weight is 247 g/mol. The standard InChI is InChI=1S/C16H25NO/c1-3-13-5-4-6-14(8-7-13)17-15-9-11-16(18-2)12-10-15/h9-14,17H,3-8H2,1-2H3. The highest BCUT2D eigenvalue weighted by molar-refractivity contribution is 5.47. The van der Waals surface area contributed by atoms with Gasteiger partial charge in [0.25, 0.3) is 0 Å². The first-order chi connectivity index (χ1) is 8.81. The molecule has 0 amide bonds. The third kappa shape index (κ3) is 3.66. The maximum absolute atomic E-state index is 5.18. The van der Waals surface area contributed by atoms with Crippen LogP contribution in [-0.4, -0.2) is 13.2 Å².